The first kappa shape index (κ1) is 19.1. The fourth-order valence-electron chi connectivity index (χ4n) is 4.29. The Morgan fingerprint density at radius 2 is 2.07 bits per heavy atom. The highest BCUT2D eigenvalue weighted by molar-refractivity contribution is 7.88. The van der Waals surface area contributed by atoms with Gasteiger partial charge in [-0.25, -0.2) is 12.7 Å². The number of benzene rings is 1. The second kappa shape index (κ2) is 7.45. The number of piperidine rings is 1. The minimum atomic E-state index is -3.12. The number of nitrogens with one attached hydrogen (secondary N) is 2. The van der Waals surface area contributed by atoms with E-state index in [2.05, 4.69) is 51.0 Å². The number of allylic oxidation sites excluding steroid dienone is 2. The second-order valence-corrected chi connectivity index (χ2v) is 10.0. The normalized spacial score (nSPS) is 22.1. The molecule has 1 fully saturated rings. The molecule has 30 heavy (non-hydrogen) atoms. The van der Waals surface area contributed by atoms with Crippen molar-refractivity contribution in [2.24, 2.45) is 0 Å². The van der Waals surface area contributed by atoms with E-state index in [0.29, 0.717) is 13.1 Å². The maximum Gasteiger partial charge on any atom is 0.211 e. The summed E-state index contributed by atoms with van der Waals surface area (Å²) in [6.45, 7) is 1.10. The molecule has 1 saturated heterocycles. The molecule has 0 spiro atoms. The molecule has 0 amide bonds. The van der Waals surface area contributed by atoms with E-state index in [1.165, 1.54) is 6.26 Å². The van der Waals surface area contributed by atoms with Gasteiger partial charge in [-0.3, -0.25) is 4.98 Å². The van der Waals surface area contributed by atoms with Gasteiger partial charge < -0.3 is 15.5 Å². The number of hydrogen-bond donors (Lipinski definition) is 2. The first-order valence-corrected chi connectivity index (χ1v) is 12.0. The topological polar surface area (TPSA) is 77.6 Å². The molecule has 1 atom stereocenters. The highest BCUT2D eigenvalue weighted by Crippen LogP contribution is 2.32. The van der Waals surface area contributed by atoms with Crippen LogP contribution in [0.25, 0.3) is 16.3 Å². The quantitative estimate of drug-likeness (QED) is 0.787. The lowest BCUT2D eigenvalue weighted by molar-refractivity contribution is 0.332. The Morgan fingerprint density at radius 1 is 1.23 bits per heavy atom. The van der Waals surface area contributed by atoms with Crippen molar-refractivity contribution in [1.82, 2.24) is 19.5 Å². The molecule has 0 aliphatic carbocycles. The van der Waals surface area contributed by atoms with Crippen molar-refractivity contribution in [2.75, 3.05) is 24.7 Å². The molecule has 3 aliphatic rings. The standard InChI is InChI=1S/C22H25N5O2S/c1-30(28,29)27-9-5-19(6-10-27)25-21-13-18(12-16-4-7-23-14-20(16)21)17-2-3-22-24-8-11-26(22)15-17/h2-4,7-8,11-15,19,22,24-25H,5-6,9-10H2,1H3. The van der Waals surface area contributed by atoms with Crippen molar-refractivity contribution in [3.63, 3.8) is 0 Å². The maximum atomic E-state index is 11.8. The first-order chi connectivity index (χ1) is 14.5. The van der Waals surface area contributed by atoms with Crippen molar-refractivity contribution in [3.05, 3.63) is 66.9 Å². The van der Waals surface area contributed by atoms with Gasteiger partial charge in [-0.15, -0.1) is 0 Å². The smallest absolute Gasteiger partial charge is 0.211 e. The summed E-state index contributed by atoms with van der Waals surface area (Å²) in [6.07, 6.45) is 17.2. The molecule has 1 aromatic carbocycles. The highest BCUT2D eigenvalue weighted by Gasteiger charge is 2.25. The van der Waals surface area contributed by atoms with Gasteiger partial charge in [0.1, 0.15) is 6.17 Å². The van der Waals surface area contributed by atoms with Crippen LogP contribution in [0.2, 0.25) is 0 Å². The summed E-state index contributed by atoms with van der Waals surface area (Å²) in [7, 11) is -3.12. The molecule has 2 aromatic rings. The van der Waals surface area contributed by atoms with Crippen molar-refractivity contribution in [1.29, 1.82) is 0 Å². The molecule has 7 nitrogen and oxygen atoms in total. The Balaban J connectivity index is 1.44. The maximum absolute atomic E-state index is 11.8. The van der Waals surface area contributed by atoms with Gasteiger partial charge in [-0.1, -0.05) is 6.08 Å². The first-order valence-electron chi connectivity index (χ1n) is 10.2. The summed E-state index contributed by atoms with van der Waals surface area (Å²) < 4.78 is 25.2. The van der Waals surface area contributed by atoms with Crippen molar-refractivity contribution < 1.29 is 8.42 Å². The van der Waals surface area contributed by atoms with E-state index in [0.717, 1.165) is 40.4 Å². The van der Waals surface area contributed by atoms with Crippen molar-refractivity contribution >= 4 is 32.1 Å². The predicted molar refractivity (Wildman–Crippen MR) is 120 cm³/mol. The lowest BCUT2D eigenvalue weighted by Crippen LogP contribution is -2.41. The Kier molecular flexibility index (Phi) is 4.75. The number of fused-ring (bicyclic) bond motifs is 2. The van der Waals surface area contributed by atoms with E-state index in [1.54, 1.807) is 4.31 Å². The average Bonchev–Trinajstić information content (AvgIpc) is 3.21. The summed E-state index contributed by atoms with van der Waals surface area (Å²) in [6, 6.07) is 6.63. The number of pyridine rings is 1. The third kappa shape index (κ3) is 3.68. The van der Waals surface area contributed by atoms with E-state index < -0.39 is 10.0 Å². The van der Waals surface area contributed by atoms with E-state index >= 15 is 0 Å². The van der Waals surface area contributed by atoms with Gasteiger partial charge >= 0.3 is 0 Å². The van der Waals surface area contributed by atoms with Crippen LogP contribution in [-0.4, -0.2) is 54.2 Å². The number of nitrogens with zero attached hydrogens (tertiary/aromatic N) is 3. The zero-order chi connectivity index (χ0) is 20.7. The molecule has 156 valence electrons. The summed E-state index contributed by atoms with van der Waals surface area (Å²) >= 11 is 0. The molecule has 0 saturated carbocycles. The number of sulfonamides is 1. The molecule has 1 unspecified atom stereocenters. The van der Waals surface area contributed by atoms with Crippen LogP contribution in [0, 0.1) is 0 Å². The Morgan fingerprint density at radius 3 is 2.87 bits per heavy atom. The summed E-state index contributed by atoms with van der Waals surface area (Å²) in [5.74, 6) is 0. The summed E-state index contributed by atoms with van der Waals surface area (Å²) in [5, 5.41) is 9.16. The molecular formula is C22H25N5O2S. The zero-order valence-electron chi connectivity index (χ0n) is 16.8. The second-order valence-electron chi connectivity index (χ2n) is 8.02. The van der Waals surface area contributed by atoms with Gasteiger partial charge in [0, 0.05) is 61.2 Å². The van der Waals surface area contributed by atoms with Gasteiger partial charge in [0.15, 0.2) is 0 Å². The van der Waals surface area contributed by atoms with Crippen LogP contribution in [-0.2, 0) is 10.0 Å². The van der Waals surface area contributed by atoms with Gasteiger partial charge in [-0.2, -0.15) is 0 Å². The van der Waals surface area contributed by atoms with Crippen LogP contribution in [0.1, 0.15) is 18.4 Å². The van der Waals surface area contributed by atoms with Crippen LogP contribution in [0.4, 0.5) is 5.69 Å². The van der Waals surface area contributed by atoms with E-state index in [4.69, 9.17) is 0 Å². The van der Waals surface area contributed by atoms with Crippen LogP contribution in [0.3, 0.4) is 0 Å². The fraction of sp³-hybridized carbons (Fsp3) is 0.318. The van der Waals surface area contributed by atoms with E-state index in [1.807, 2.05) is 30.9 Å². The Hall–Kier alpha value is -2.84. The largest absolute Gasteiger partial charge is 0.382 e. The van der Waals surface area contributed by atoms with Crippen LogP contribution >= 0.6 is 0 Å². The lowest BCUT2D eigenvalue weighted by Gasteiger charge is -2.31. The molecule has 8 heteroatoms. The van der Waals surface area contributed by atoms with Gasteiger partial charge in [-0.05, 0) is 53.6 Å². The van der Waals surface area contributed by atoms with E-state index in [9.17, 15) is 8.42 Å². The molecule has 1 aromatic heterocycles. The molecule has 4 heterocycles. The molecule has 0 radical (unpaired) electrons. The van der Waals surface area contributed by atoms with Crippen LogP contribution in [0.5, 0.6) is 0 Å². The van der Waals surface area contributed by atoms with Crippen molar-refractivity contribution in [2.45, 2.75) is 25.0 Å². The molecule has 3 aliphatic heterocycles. The number of anilines is 1. The van der Waals surface area contributed by atoms with Crippen LogP contribution in [0.15, 0.2) is 61.3 Å². The van der Waals surface area contributed by atoms with Gasteiger partial charge in [0.25, 0.3) is 0 Å². The average molecular weight is 424 g/mol. The number of hydrogen-bond acceptors (Lipinski definition) is 6. The summed E-state index contributed by atoms with van der Waals surface area (Å²) in [5.41, 5.74) is 3.33. The number of rotatable bonds is 4. The minimum Gasteiger partial charge on any atom is -0.382 e. The number of aromatic nitrogens is 1. The van der Waals surface area contributed by atoms with Gasteiger partial charge in [0.05, 0.1) is 6.26 Å². The molecule has 2 N–H and O–H groups in total. The van der Waals surface area contributed by atoms with E-state index in [-0.39, 0.29) is 12.2 Å². The monoisotopic (exact) mass is 423 g/mol. The molecule has 0 bridgehead atoms. The van der Waals surface area contributed by atoms with Crippen LogP contribution < -0.4 is 10.6 Å². The minimum absolute atomic E-state index is 0.191. The Labute approximate surface area is 176 Å². The SMILES string of the molecule is CS(=O)(=O)N1CCC(Nc2cc(C3=CN4C=CNC4C=C3)cc3ccncc23)CC1. The third-order valence-electron chi connectivity index (χ3n) is 5.95. The Bertz CT molecular complexity index is 1160. The summed E-state index contributed by atoms with van der Waals surface area (Å²) in [4.78, 5) is 6.47. The highest BCUT2D eigenvalue weighted by atomic mass is 32.2. The molecular weight excluding hydrogens is 398 g/mol. The van der Waals surface area contributed by atoms with Gasteiger partial charge in [0.2, 0.25) is 10.0 Å². The fourth-order valence-corrected chi connectivity index (χ4v) is 5.16. The van der Waals surface area contributed by atoms with Crippen molar-refractivity contribution in [3.8, 4) is 0 Å². The molecule has 5 rings (SSSR count). The third-order valence-corrected chi connectivity index (χ3v) is 7.26. The zero-order valence-corrected chi connectivity index (χ0v) is 17.6. The lowest BCUT2D eigenvalue weighted by atomic mass is 9.98. The predicted octanol–water partition coefficient (Wildman–Crippen LogP) is 2.68.